The monoisotopic (exact) mass is 376 g/mol. The van der Waals surface area contributed by atoms with E-state index >= 15 is 0 Å². The van der Waals surface area contributed by atoms with Crippen molar-refractivity contribution in [1.82, 2.24) is 0 Å². The first-order valence-electron chi connectivity index (χ1n) is 9.01. The molecular weight excluding hydrogens is 352 g/mol. The van der Waals surface area contributed by atoms with E-state index in [9.17, 15) is 19.5 Å². The maximum Gasteiger partial charge on any atom is 0.334 e. The molecule has 0 aromatic heterocycles. The normalized spacial score (nSPS) is 32.6. The zero-order valence-electron chi connectivity index (χ0n) is 15.7. The van der Waals surface area contributed by atoms with Gasteiger partial charge in [0.1, 0.15) is 18.0 Å². The molecule has 0 radical (unpaired) electrons. The predicted molar refractivity (Wildman–Crippen MR) is 94.2 cm³/mol. The average Bonchev–Trinajstić information content (AvgIpc) is 3.01. The van der Waals surface area contributed by atoms with Crippen molar-refractivity contribution in [2.45, 2.75) is 51.4 Å². The Kier molecular flexibility index (Phi) is 4.99. The van der Waals surface area contributed by atoms with Gasteiger partial charge >= 0.3 is 11.9 Å². The van der Waals surface area contributed by atoms with E-state index in [2.05, 4.69) is 6.58 Å². The lowest BCUT2D eigenvalue weighted by Gasteiger charge is -2.31. The highest BCUT2D eigenvalue weighted by Crippen LogP contribution is 2.42. The zero-order chi connectivity index (χ0) is 19.9. The second-order valence-electron chi connectivity index (χ2n) is 7.81. The van der Waals surface area contributed by atoms with Gasteiger partial charge in [0.05, 0.1) is 12.5 Å². The smallest absolute Gasteiger partial charge is 0.334 e. The maximum atomic E-state index is 12.5. The molecule has 0 amide bonds. The molecule has 0 saturated carbocycles. The summed E-state index contributed by atoms with van der Waals surface area (Å²) in [5, 5.41) is 9.70. The summed E-state index contributed by atoms with van der Waals surface area (Å²) in [4.78, 5) is 37.0. The van der Waals surface area contributed by atoms with Crippen LogP contribution in [0.15, 0.2) is 35.6 Å². The molecule has 7 heteroatoms. The summed E-state index contributed by atoms with van der Waals surface area (Å²) in [5.41, 5.74) is -0.731. The number of carbonyl (C=O) groups excluding carboxylic acids is 3. The predicted octanol–water partition coefficient (Wildman–Crippen LogP) is 1.61. The molecule has 0 aliphatic carbocycles. The minimum absolute atomic E-state index is 0.0546. The fourth-order valence-corrected chi connectivity index (χ4v) is 3.66. The Morgan fingerprint density at radius 3 is 2.78 bits per heavy atom. The van der Waals surface area contributed by atoms with Gasteiger partial charge in [-0.05, 0) is 18.9 Å². The van der Waals surface area contributed by atoms with Crippen molar-refractivity contribution in [3.05, 3.63) is 35.6 Å². The standard InChI is InChI=1S/C20H24O7/c1-10(2)5-17(23)25-15-8-20(4)16(22)7-13(27-20)12(9-21)6-14-18(15)11(3)19(24)26-14/h6-7,10,14-15,18,21H,3,5,8-9H2,1-2,4H3/t14-,15+,18-,20+/m0/s1. The van der Waals surface area contributed by atoms with E-state index in [1.54, 1.807) is 13.0 Å². The van der Waals surface area contributed by atoms with Crippen molar-refractivity contribution in [3.63, 3.8) is 0 Å². The topological polar surface area (TPSA) is 99.1 Å². The molecule has 3 aliphatic heterocycles. The second-order valence-corrected chi connectivity index (χ2v) is 7.81. The largest absolute Gasteiger partial charge is 0.479 e. The summed E-state index contributed by atoms with van der Waals surface area (Å²) < 4.78 is 16.9. The van der Waals surface area contributed by atoms with Crippen LogP contribution in [0.2, 0.25) is 0 Å². The number of hydrogen-bond acceptors (Lipinski definition) is 7. The Morgan fingerprint density at radius 1 is 1.44 bits per heavy atom. The lowest BCUT2D eigenvalue weighted by molar-refractivity contribution is -0.158. The molecule has 0 aromatic carbocycles. The van der Waals surface area contributed by atoms with Crippen LogP contribution in [-0.4, -0.2) is 47.2 Å². The van der Waals surface area contributed by atoms with E-state index < -0.39 is 35.7 Å². The molecule has 1 fully saturated rings. The van der Waals surface area contributed by atoms with Crippen LogP contribution < -0.4 is 0 Å². The molecule has 3 rings (SSSR count). The molecule has 0 unspecified atom stereocenters. The fourth-order valence-electron chi connectivity index (χ4n) is 3.66. The number of ketones is 1. The van der Waals surface area contributed by atoms with Crippen LogP contribution in [0.3, 0.4) is 0 Å². The number of rotatable bonds is 4. The highest BCUT2D eigenvalue weighted by Gasteiger charge is 2.52. The van der Waals surface area contributed by atoms with Crippen LogP contribution in [0.5, 0.6) is 0 Å². The summed E-state index contributed by atoms with van der Waals surface area (Å²) in [5.74, 6) is -1.59. The number of hydrogen-bond donors (Lipinski definition) is 1. The quantitative estimate of drug-likeness (QED) is 0.588. The Labute approximate surface area is 157 Å². The van der Waals surface area contributed by atoms with Crippen LogP contribution in [0.25, 0.3) is 0 Å². The lowest BCUT2D eigenvalue weighted by Crippen LogP contribution is -2.42. The molecular formula is C20H24O7. The van der Waals surface area contributed by atoms with Gasteiger partial charge in [0.15, 0.2) is 5.60 Å². The molecule has 1 saturated heterocycles. The van der Waals surface area contributed by atoms with Gasteiger partial charge in [0.2, 0.25) is 5.78 Å². The van der Waals surface area contributed by atoms with Crippen LogP contribution in [0, 0.1) is 11.8 Å². The van der Waals surface area contributed by atoms with E-state index in [-0.39, 0.29) is 42.5 Å². The van der Waals surface area contributed by atoms with E-state index in [1.165, 1.54) is 6.08 Å². The zero-order valence-corrected chi connectivity index (χ0v) is 15.7. The molecule has 27 heavy (non-hydrogen) atoms. The SMILES string of the molecule is C=C1C(=O)O[C@H]2C=C(CO)C3=CC(=O)[C@@](C)(C[C@@H](OC(=O)CC(C)C)[C@@H]12)O3. The summed E-state index contributed by atoms with van der Waals surface area (Å²) in [6.07, 6.45) is 1.55. The van der Waals surface area contributed by atoms with Gasteiger partial charge in [-0.25, -0.2) is 4.79 Å². The van der Waals surface area contributed by atoms with E-state index in [4.69, 9.17) is 14.2 Å². The van der Waals surface area contributed by atoms with Gasteiger partial charge in [0, 0.05) is 30.1 Å². The Bertz CT molecular complexity index is 760. The summed E-state index contributed by atoms with van der Waals surface area (Å²) >= 11 is 0. The van der Waals surface area contributed by atoms with Crippen molar-refractivity contribution < 1.29 is 33.7 Å². The first-order chi connectivity index (χ1) is 12.6. The van der Waals surface area contributed by atoms with Gasteiger partial charge < -0.3 is 19.3 Å². The van der Waals surface area contributed by atoms with Gasteiger partial charge in [0.25, 0.3) is 0 Å². The number of ether oxygens (including phenoxy) is 3. The van der Waals surface area contributed by atoms with Crippen LogP contribution in [0.4, 0.5) is 0 Å². The maximum absolute atomic E-state index is 12.5. The highest BCUT2D eigenvalue weighted by atomic mass is 16.6. The average molecular weight is 376 g/mol. The third-order valence-corrected chi connectivity index (χ3v) is 5.08. The minimum atomic E-state index is -1.26. The number of esters is 2. The Balaban J connectivity index is 2.02. The van der Waals surface area contributed by atoms with Crippen LogP contribution in [0.1, 0.15) is 33.6 Å². The van der Waals surface area contributed by atoms with Crippen LogP contribution in [-0.2, 0) is 28.6 Å². The minimum Gasteiger partial charge on any atom is -0.479 e. The molecule has 0 aromatic rings. The van der Waals surface area contributed by atoms with Crippen molar-refractivity contribution in [2.75, 3.05) is 6.61 Å². The molecule has 0 spiro atoms. The molecule has 4 atom stereocenters. The number of fused-ring (bicyclic) bond motifs is 3. The second kappa shape index (κ2) is 6.96. The number of carbonyl (C=O) groups is 3. The Hall–Kier alpha value is -2.41. The molecule has 146 valence electrons. The van der Waals surface area contributed by atoms with Gasteiger partial charge in [-0.15, -0.1) is 0 Å². The third kappa shape index (κ3) is 3.56. The van der Waals surface area contributed by atoms with Gasteiger partial charge in [-0.2, -0.15) is 0 Å². The fraction of sp³-hybridized carbons (Fsp3) is 0.550. The third-order valence-electron chi connectivity index (χ3n) is 5.08. The van der Waals surface area contributed by atoms with Crippen LogP contribution >= 0.6 is 0 Å². The van der Waals surface area contributed by atoms with Crippen molar-refractivity contribution in [3.8, 4) is 0 Å². The summed E-state index contributed by atoms with van der Waals surface area (Å²) in [7, 11) is 0. The Morgan fingerprint density at radius 2 is 2.15 bits per heavy atom. The first kappa shape index (κ1) is 19.4. The molecule has 2 bridgehead atoms. The van der Waals surface area contributed by atoms with Gasteiger partial charge in [-0.1, -0.05) is 20.4 Å². The number of aliphatic hydroxyl groups excluding tert-OH is 1. The molecule has 7 nitrogen and oxygen atoms in total. The first-order valence-corrected chi connectivity index (χ1v) is 9.01. The van der Waals surface area contributed by atoms with E-state index in [0.29, 0.717) is 5.57 Å². The van der Waals surface area contributed by atoms with Crippen molar-refractivity contribution in [1.29, 1.82) is 0 Å². The van der Waals surface area contributed by atoms with Crippen molar-refractivity contribution in [2.24, 2.45) is 11.8 Å². The highest BCUT2D eigenvalue weighted by molar-refractivity contribution is 6.00. The summed E-state index contributed by atoms with van der Waals surface area (Å²) in [6, 6.07) is 0. The lowest BCUT2D eigenvalue weighted by atomic mass is 9.82. The van der Waals surface area contributed by atoms with E-state index in [1.807, 2.05) is 13.8 Å². The van der Waals surface area contributed by atoms with Gasteiger partial charge in [-0.3, -0.25) is 9.59 Å². The van der Waals surface area contributed by atoms with Crippen molar-refractivity contribution >= 4 is 17.7 Å². The molecule has 3 heterocycles. The van der Waals surface area contributed by atoms with E-state index in [0.717, 1.165) is 0 Å². The molecule has 3 aliphatic rings. The number of aliphatic hydroxyl groups is 1. The molecule has 1 N–H and O–H groups in total. The summed E-state index contributed by atoms with van der Waals surface area (Å²) in [6.45, 7) is 8.81.